The molecular formula is C32H47N5O5S2. The van der Waals surface area contributed by atoms with E-state index >= 15 is 0 Å². The van der Waals surface area contributed by atoms with Crippen molar-refractivity contribution in [3.8, 4) is 0 Å². The Morgan fingerprint density at radius 2 is 1.64 bits per heavy atom. The molecule has 2 aromatic rings. The van der Waals surface area contributed by atoms with Gasteiger partial charge in [0.05, 0.1) is 17.2 Å². The maximum atomic E-state index is 13.8. The van der Waals surface area contributed by atoms with Gasteiger partial charge < -0.3 is 21.7 Å². The zero-order valence-corrected chi connectivity index (χ0v) is 27.8. The van der Waals surface area contributed by atoms with Gasteiger partial charge in [0, 0.05) is 18.2 Å². The molecule has 3 rings (SSSR count). The number of nitrogens with two attached hydrogens (primary N) is 1. The summed E-state index contributed by atoms with van der Waals surface area (Å²) >= 11 is 1.25. The number of hydrogen-bond acceptors (Lipinski definition) is 8. The number of amides is 3. The molecule has 10 nitrogen and oxygen atoms in total. The molecule has 0 radical (unpaired) electrons. The van der Waals surface area contributed by atoms with Gasteiger partial charge >= 0.3 is 0 Å². The summed E-state index contributed by atoms with van der Waals surface area (Å²) in [7, 11) is -3.44. The van der Waals surface area contributed by atoms with Gasteiger partial charge in [0.1, 0.15) is 17.0 Å². The Morgan fingerprint density at radius 1 is 1.00 bits per heavy atom. The molecule has 0 unspecified atom stereocenters. The van der Waals surface area contributed by atoms with Crippen LogP contribution in [0.3, 0.4) is 0 Å². The smallest absolute Gasteiger partial charge is 0.263 e. The van der Waals surface area contributed by atoms with Gasteiger partial charge in [-0.05, 0) is 49.1 Å². The van der Waals surface area contributed by atoms with Gasteiger partial charge in [0.2, 0.25) is 11.8 Å². The molecule has 0 saturated heterocycles. The normalized spacial score (nSPS) is 16.4. The summed E-state index contributed by atoms with van der Waals surface area (Å²) in [4.78, 5) is 45.0. The van der Waals surface area contributed by atoms with Crippen LogP contribution >= 0.6 is 11.3 Å². The second kappa shape index (κ2) is 16.8. The molecule has 3 amide bonds. The average molecular weight is 646 g/mol. The zero-order valence-electron chi connectivity index (χ0n) is 26.2. The van der Waals surface area contributed by atoms with Crippen molar-refractivity contribution < 1.29 is 22.8 Å². The molecule has 0 bridgehead atoms. The SMILES string of the molecule is Cc1ncc(C(=O)N[C@@H](CC(C)C)C(=O)N[C@@H](CC2CCCCC2)C(=O)N[C@H](C=CS(C)(=O)=O)Cc2ccc(CN)cc2)s1. The number of benzene rings is 1. The van der Waals surface area contributed by atoms with Crippen molar-refractivity contribution in [1.82, 2.24) is 20.9 Å². The van der Waals surface area contributed by atoms with E-state index in [-0.39, 0.29) is 17.7 Å². The van der Waals surface area contributed by atoms with Crippen molar-refractivity contribution >= 4 is 38.9 Å². The molecule has 1 aromatic carbocycles. The Kier molecular flexibility index (Phi) is 13.5. The number of nitrogens with one attached hydrogen (secondary N) is 3. The zero-order chi connectivity index (χ0) is 32.3. The first kappa shape index (κ1) is 35.4. The monoisotopic (exact) mass is 645 g/mol. The number of nitrogens with zero attached hydrogens (tertiary/aromatic N) is 1. The van der Waals surface area contributed by atoms with E-state index in [0.717, 1.165) is 59.9 Å². The Labute approximate surface area is 265 Å². The van der Waals surface area contributed by atoms with Crippen LogP contribution in [0, 0.1) is 18.8 Å². The molecule has 1 heterocycles. The highest BCUT2D eigenvalue weighted by Crippen LogP contribution is 2.27. The van der Waals surface area contributed by atoms with Crippen LogP contribution < -0.4 is 21.7 Å². The van der Waals surface area contributed by atoms with E-state index < -0.39 is 39.8 Å². The average Bonchev–Trinajstić information content (AvgIpc) is 3.41. The summed E-state index contributed by atoms with van der Waals surface area (Å²) in [6.07, 6.45) is 10.5. The molecule has 3 atom stereocenters. The maximum absolute atomic E-state index is 13.8. The van der Waals surface area contributed by atoms with Crippen LogP contribution in [0.15, 0.2) is 41.9 Å². The third kappa shape index (κ3) is 12.1. The molecular weight excluding hydrogens is 599 g/mol. The summed E-state index contributed by atoms with van der Waals surface area (Å²) in [5.41, 5.74) is 7.58. The molecule has 12 heteroatoms. The van der Waals surface area contributed by atoms with Gasteiger partial charge in [-0.15, -0.1) is 11.3 Å². The maximum Gasteiger partial charge on any atom is 0.263 e. The van der Waals surface area contributed by atoms with E-state index in [2.05, 4.69) is 20.9 Å². The molecule has 1 fully saturated rings. The minimum absolute atomic E-state index is 0.107. The van der Waals surface area contributed by atoms with Crippen molar-refractivity contribution in [3.05, 3.63) is 63.0 Å². The Balaban J connectivity index is 1.82. The molecule has 5 N–H and O–H groups in total. The molecule has 1 saturated carbocycles. The summed E-state index contributed by atoms with van der Waals surface area (Å²) in [6.45, 7) is 6.14. The molecule has 1 aliphatic carbocycles. The number of aryl methyl sites for hydroxylation is 1. The minimum atomic E-state index is -3.44. The lowest BCUT2D eigenvalue weighted by Crippen LogP contribution is -2.55. The first-order valence-corrected chi connectivity index (χ1v) is 18.1. The third-order valence-corrected chi connectivity index (χ3v) is 9.26. The van der Waals surface area contributed by atoms with Crippen molar-refractivity contribution in [2.24, 2.45) is 17.6 Å². The number of carbonyl (C=O) groups is 3. The molecule has 44 heavy (non-hydrogen) atoms. The van der Waals surface area contributed by atoms with E-state index in [0.29, 0.717) is 30.7 Å². The summed E-state index contributed by atoms with van der Waals surface area (Å²) < 4.78 is 23.9. The number of aromatic nitrogens is 1. The van der Waals surface area contributed by atoms with Crippen LogP contribution in [0.1, 0.15) is 84.6 Å². The Bertz CT molecular complexity index is 1380. The lowest BCUT2D eigenvalue weighted by molar-refractivity contribution is -0.130. The van der Waals surface area contributed by atoms with Crippen molar-refractivity contribution in [2.75, 3.05) is 6.26 Å². The summed E-state index contributed by atoms with van der Waals surface area (Å²) in [5, 5.41) is 10.6. The quantitative estimate of drug-likeness (QED) is 0.229. The highest BCUT2D eigenvalue weighted by atomic mass is 32.2. The molecule has 242 valence electrons. The molecule has 1 aliphatic rings. The molecule has 0 aliphatic heterocycles. The fraction of sp³-hybridized carbons (Fsp3) is 0.562. The summed E-state index contributed by atoms with van der Waals surface area (Å²) in [5.74, 6) is -0.817. The van der Waals surface area contributed by atoms with Gasteiger partial charge in [-0.3, -0.25) is 14.4 Å². The van der Waals surface area contributed by atoms with Crippen molar-refractivity contribution in [2.45, 2.75) is 96.8 Å². The standard InChI is InChI=1S/C32H47N5O5S2/c1-21(2)16-27(37-32(40)29-20-34-22(3)43-29)31(39)36-28(18-23-8-6-5-7-9-23)30(38)35-26(14-15-44(4,41)42)17-24-10-12-25(19-33)13-11-24/h10-15,20-21,23,26-28H,5-9,16-19,33H2,1-4H3,(H,35,38)(H,36,39)(H,37,40)/t26-,27+,28+/m1/s1. The number of carbonyl (C=O) groups excluding carboxylic acids is 3. The second-order valence-electron chi connectivity index (χ2n) is 12.2. The highest BCUT2D eigenvalue weighted by Gasteiger charge is 2.31. The predicted molar refractivity (Wildman–Crippen MR) is 175 cm³/mol. The number of sulfone groups is 1. The van der Waals surface area contributed by atoms with Gasteiger partial charge in [0.25, 0.3) is 5.91 Å². The fourth-order valence-electron chi connectivity index (χ4n) is 5.41. The first-order valence-electron chi connectivity index (χ1n) is 15.3. The molecule has 1 aromatic heterocycles. The van der Waals surface area contributed by atoms with Crippen LogP contribution in [0.4, 0.5) is 0 Å². The highest BCUT2D eigenvalue weighted by molar-refractivity contribution is 7.93. The van der Waals surface area contributed by atoms with Gasteiger partial charge in [-0.2, -0.15) is 0 Å². The van der Waals surface area contributed by atoms with E-state index in [1.165, 1.54) is 23.6 Å². The van der Waals surface area contributed by atoms with E-state index in [9.17, 15) is 22.8 Å². The van der Waals surface area contributed by atoms with Crippen LogP contribution in [-0.2, 0) is 32.4 Å². The predicted octanol–water partition coefficient (Wildman–Crippen LogP) is 3.80. The van der Waals surface area contributed by atoms with Gasteiger partial charge in [-0.25, -0.2) is 13.4 Å². The largest absolute Gasteiger partial charge is 0.348 e. The van der Waals surface area contributed by atoms with Crippen LogP contribution in [0.25, 0.3) is 0 Å². The number of thiazole rings is 1. The van der Waals surface area contributed by atoms with Gasteiger partial charge in [-0.1, -0.05) is 76.3 Å². The number of rotatable bonds is 15. The Morgan fingerprint density at radius 3 is 2.20 bits per heavy atom. The number of hydrogen-bond donors (Lipinski definition) is 4. The third-order valence-electron chi connectivity index (χ3n) is 7.70. The van der Waals surface area contributed by atoms with E-state index in [4.69, 9.17) is 5.73 Å². The Hall–Kier alpha value is -3.09. The molecule has 0 spiro atoms. The lowest BCUT2D eigenvalue weighted by atomic mass is 9.84. The van der Waals surface area contributed by atoms with Crippen LogP contribution in [-0.4, -0.2) is 55.5 Å². The topological polar surface area (TPSA) is 160 Å². The fourth-order valence-corrected chi connectivity index (χ4v) is 6.57. The lowest BCUT2D eigenvalue weighted by Gasteiger charge is -2.29. The van der Waals surface area contributed by atoms with E-state index in [1.807, 2.05) is 45.0 Å². The second-order valence-corrected chi connectivity index (χ2v) is 15.4. The van der Waals surface area contributed by atoms with Crippen LogP contribution in [0.5, 0.6) is 0 Å². The van der Waals surface area contributed by atoms with E-state index in [1.54, 1.807) is 0 Å². The van der Waals surface area contributed by atoms with Gasteiger partial charge in [0.15, 0.2) is 9.84 Å². The minimum Gasteiger partial charge on any atom is -0.348 e. The summed E-state index contributed by atoms with van der Waals surface area (Å²) in [6, 6.07) is 5.29. The van der Waals surface area contributed by atoms with Crippen molar-refractivity contribution in [3.63, 3.8) is 0 Å². The van der Waals surface area contributed by atoms with Crippen molar-refractivity contribution in [1.29, 1.82) is 0 Å². The first-order chi connectivity index (χ1) is 20.8. The van der Waals surface area contributed by atoms with Crippen LogP contribution in [0.2, 0.25) is 0 Å².